The van der Waals surface area contributed by atoms with Crippen LogP contribution in [0.15, 0.2) is 47.9 Å². The Morgan fingerprint density at radius 3 is 2.71 bits per heavy atom. The van der Waals surface area contributed by atoms with Crippen LogP contribution in [-0.4, -0.2) is 44.7 Å². The molecule has 0 bridgehead atoms. The van der Waals surface area contributed by atoms with Gasteiger partial charge >= 0.3 is 6.09 Å². The average molecular weight is 485 g/mol. The van der Waals surface area contributed by atoms with Crippen LogP contribution in [-0.2, 0) is 4.74 Å². The molecule has 0 spiro atoms. The molecule has 0 unspecified atom stereocenters. The van der Waals surface area contributed by atoms with E-state index in [0.29, 0.717) is 35.5 Å². The molecule has 1 amide bonds. The summed E-state index contributed by atoms with van der Waals surface area (Å²) in [7, 11) is 0. The lowest BCUT2D eigenvalue weighted by molar-refractivity contribution is 0.146. The van der Waals surface area contributed by atoms with E-state index in [1.807, 2.05) is 0 Å². The number of rotatable bonds is 6. The Morgan fingerprint density at radius 1 is 1.23 bits per heavy atom. The fourth-order valence-corrected chi connectivity index (χ4v) is 4.74. The second-order valence-corrected chi connectivity index (χ2v) is 8.62. The number of nitrogens with one attached hydrogen (secondary N) is 1. The van der Waals surface area contributed by atoms with Crippen molar-refractivity contribution in [2.24, 2.45) is 0 Å². The fraction of sp³-hybridized carbons (Fsp3) is 0.333. The summed E-state index contributed by atoms with van der Waals surface area (Å²) >= 11 is 0. The van der Waals surface area contributed by atoms with E-state index in [-0.39, 0.29) is 29.8 Å². The lowest BCUT2D eigenvalue weighted by atomic mass is 10.0. The third-order valence-corrected chi connectivity index (χ3v) is 6.45. The van der Waals surface area contributed by atoms with Crippen LogP contribution >= 0.6 is 0 Å². The number of ether oxygens (including phenoxy) is 1. The molecule has 8 nitrogen and oxygen atoms in total. The highest BCUT2D eigenvalue weighted by atomic mass is 19.3. The van der Waals surface area contributed by atoms with Crippen molar-refractivity contribution >= 4 is 22.8 Å². The molecule has 2 aliphatic heterocycles. The molecule has 2 fully saturated rings. The molecule has 2 saturated heterocycles. The molecular formula is C24H22F3N5O3. The Labute approximate surface area is 198 Å². The molecular weight excluding hydrogens is 463 g/mol. The molecule has 0 aliphatic carbocycles. The van der Waals surface area contributed by atoms with Crippen molar-refractivity contribution in [3.05, 3.63) is 76.2 Å². The SMILES string of the molecule is C=C[C@@H](Nc1nc(C)nc2cc(=O)n([C@@H]3C[C@H]4COC(=O)N4C3)cc12)c1cccc(C(F)F)c1F. The summed E-state index contributed by atoms with van der Waals surface area (Å²) in [5.41, 5.74) is -0.611. The first-order valence-corrected chi connectivity index (χ1v) is 11.1. The predicted molar refractivity (Wildman–Crippen MR) is 122 cm³/mol. The van der Waals surface area contributed by atoms with E-state index in [9.17, 15) is 22.8 Å². The number of amides is 1. The number of nitrogens with zero attached hydrogens (tertiary/aromatic N) is 4. The van der Waals surface area contributed by atoms with Gasteiger partial charge in [0.2, 0.25) is 0 Å². The number of benzene rings is 1. The van der Waals surface area contributed by atoms with Crippen molar-refractivity contribution in [3.63, 3.8) is 0 Å². The minimum atomic E-state index is -2.96. The minimum absolute atomic E-state index is 0.00883. The first-order valence-electron chi connectivity index (χ1n) is 11.1. The second-order valence-electron chi connectivity index (χ2n) is 8.62. The first-order chi connectivity index (χ1) is 16.8. The summed E-state index contributed by atoms with van der Waals surface area (Å²) in [5, 5.41) is 3.55. The summed E-state index contributed by atoms with van der Waals surface area (Å²) in [6, 6.07) is 3.96. The van der Waals surface area contributed by atoms with Crippen molar-refractivity contribution in [1.82, 2.24) is 19.4 Å². The van der Waals surface area contributed by atoms with Crippen molar-refractivity contribution < 1.29 is 22.7 Å². The molecule has 4 heterocycles. The van der Waals surface area contributed by atoms with E-state index in [0.717, 1.165) is 6.07 Å². The van der Waals surface area contributed by atoms with Gasteiger partial charge in [-0.2, -0.15) is 0 Å². The average Bonchev–Trinajstić information content (AvgIpc) is 3.38. The van der Waals surface area contributed by atoms with Gasteiger partial charge in [-0.05, 0) is 13.3 Å². The van der Waals surface area contributed by atoms with Gasteiger partial charge in [-0.25, -0.2) is 27.9 Å². The Hall–Kier alpha value is -3.89. The minimum Gasteiger partial charge on any atom is -0.447 e. The van der Waals surface area contributed by atoms with Crippen LogP contribution in [0.5, 0.6) is 0 Å². The van der Waals surface area contributed by atoms with Crippen LogP contribution in [0.25, 0.3) is 10.9 Å². The summed E-state index contributed by atoms with van der Waals surface area (Å²) in [5.74, 6) is -0.359. The highest BCUT2D eigenvalue weighted by Gasteiger charge is 2.42. The zero-order chi connectivity index (χ0) is 24.9. The third-order valence-electron chi connectivity index (χ3n) is 6.45. The molecule has 2 aliphatic rings. The standard InChI is InChI=1S/C24H22F3N5O3/c1-3-18(15-5-4-6-16(21(15)25)22(26)27)30-23-17-10-31(20(33)8-19(17)28-12(2)29-23)13-7-14-11-35-24(34)32(14)9-13/h3-6,8,10,13-14,18,22H,1,7,9,11H2,2H3,(H,28,29,30)/t13-,14+,18-/m1/s1. The van der Waals surface area contributed by atoms with E-state index in [2.05, 4.69) is 21.9 Å². The number of carbonyl (C=O) groups is 1. The molecule has 3 aromatic rings. The molecule has 0 radical (unpaired) electrons. The third kappa shape index (κ3) is 4.00. The highest BCUT2D eigenvalue weighted by molar-refractivity contribution is 5.88. The van der Waals surface area contributed by atoms with Gasteiger partial charge in [0.05, 0.1) is 34.6 Å². The van der Waals surface area contributed by atoms with Crippen molar-refractivity contribution in [1.29, 1.82) is 0 Å². The Bertz CT molecular complexity index is 1390. The number of carbonyl (C=O) groups excluding carboxylic acids is 1. The van der Waals surface area contributed by atoms with Crippen molar-refractivity contribution in [2.75, 3.05) is 18.5 Å². The maximum Gasteiger partial charge on any atom is 0.410 e. The fourth-order valence-electron chi connectivity index (χ4n) is 4.74. The topological polar surface area (TPSA) is 89.4 Å². The molecule has 182 valence electrons. The predicted octanol–water partition coefficient (Wildman–Crippen LogP) is 4.28. The maximum absolute atomic E-state index is 14.8. The van der Waals surface area contributed by atoms with Crippen LogP contribution in [0, 0.1) is 12.7 Å². The summed E-state index contributed by atoms with van der Waals surface area (Å²) in [6.45, 7) is 6.00. The Morgan fingerprint density at radius 2 is 2.00 bits per heavy atom. The number of alkyl halides is 2. The van der Waals surface area contributed by atoms with Crippen LogP contribution in [0.3, 0.4) is 0 Å². The molecule has 0 saturated carbocycles. The summed E-state index contributed by atoms with van der Waals surface area (Å²) in [6.07, 6.45) is 0.215. The number of pyridine rings is 1. The maximum atomic E-state index is 14.8. The Kier molecular flexibility index (Phi) is 5.70. The lowest BCUT2D eigenvalue weighted by Crippen LogP contribution is -2.29. The molecule has 2 aromatic heterocycles. The van der Waals surface area contributed by atoms with Crippen molar-refractivity contribution in [2.45, 2.75) is 37.9 Å². The van der Waals surface area contributed by atoms with E-state index in [1.165, 1.54) is 24.3 Å². The first kappa shape index (κ1) is 22.9. The number of aromatic nitrogens is 3. The number of cyclic esters (lactones) is 1. The molecule has 1 aromatic carbocycles. The number of hydrogen-bond donors (Lipinski definition) is 1. The molecule has 3 atom stereocenters. The lowest BCUT2D eigenvalue weighted by Gasteiger charge is -2.20. The molecule has 5 rings (SSSR count). The van der Waals surface area contributed by atoms with Crippen molar-refractivity contribution in [3.8, 4) is 0 Å². The van der Waals surface area contributed by atoms with Gasteiger partial charge < -0.3 is 14.6 Å². The normalized spacial score (nSPS) is 20.3. The van der Waals surface area contributed by atoms with Gasteiger partial charge in [0.1, 0.15) is 24.1 Å². The van der Waals surface area contributed by atoms with Gasteiger partial charge in [-0.15, -0.1) is 6.58 Å². The van der Waals surface area contributed by atoms with Gasteiger partial charge in [0, 0.05) is 24.4 Å². The van der Waals surface area contributed by atoms with Gasteiger partial charge in [-0.1, -0.05) is 24.3 Å². The van der Waals surface area contributed by atoms with E-state index < -0.39 is 29.9 Å². The molecule has 35 heavy (non-hydrogen) atoms. The zero-order valence-electron chi connectivity index (χ0n) is 18.7. The van der Waals surface area contributed by atoms with Crippen LogP contribution < -0.4 is 10.9 Å². The van der Waals surface area contributed by atoms with E-state index in [1.54, 1.807) is 22.6 Å². The summed E-state index contributed by atoms with van der Waals surface area (Å²) < 4.78 is 47.9. The van der Waals surface area contributed by atoms with Gasteiger partial charge in [0.25, 0.3) is 12.0 Å². The Balaban J connectivity index is 1.54. The zero-order valence-corrected chi connectivity index (χ0v) is 18.7. The van der Waals surface area contributed by atoms with Gasteiger partial charge in [-0.3, -0.25) is 9.69 Å². The largest absolute Gasteiger partial charge is 0.447 e. The quantitative estimate of drug-likeness (QED) is 0.525. The number of fused-ring (bicyclic) bond motifs is 2. The number of aryl methyl sites for hydroxylation is 1. The van der Waals surface area contributed by atoms with Crippen LogP contribution in [0.4, 0.5) is 23.8 Å². The number of halogens is 3. The molecule has 1 N–H and O–H groups in total. The van der Waals surface area contributed by atoms with E-state index in [4.69, 9.17) is 4.74 Å². The number of hydrogen-bond acceptors (Lipinski definition) is 6. The summed E-state index contributed by atoms with van der Waals surface area (Å²) in [4.78, 5) is 35.2. The number of anilines is 1. The van der Waals surface area contributed by atoms with Crippen LogP contribution in [0.1, 0.15) is 41.9 Å². The smallest absolute Gasteiger partial charge is 0.410 e. The van der Waals surface area contributed by atoms with Crippen LogP contribution in [0.2, 0.25) is 0 Å². The molecule has 11 heteroatoms. The highest BCUT2D eigenvalue weighted by Crippen LogP contribution is 2.33. The van der Waals surface area contributed by atoms with E-state index >= 15 is 0 Å². The second kappa shape index (κ2) is 8.71. The monoisotopic (exact) mass is 485 g/mol. The van der Waals surface area contributed by atoms with Gasteiger partial charge in [0.15, 0.2) is 0 Å².